The van der Waals surface area contributed by atoms with Crippen LogP contribution in [-0.2, 0) is 6.42 Å². The Morgan fingerprint density at radius 1 is 0.889 bits per heavy atom. The fraction of sp³-hybridized carbons (Fsp3) is 0.0952. The van der Waals surface area contributed by atoms with Gasteiger partial charge in [-0.15, -0.1) is 10.2 Å². The van der Waals surface area contributed by atoms with Crippen LogP contribution in [0.4, 0.5) is 0 Å². The Labute approximate surface area is 162 Å². The molecule has 4 rings (SSSR count). The molecule has 0 aliphatic rings. The number of ether oxygens (including phenoxy) is 1. The van der Waals surface area contributed by atoms with Crippen LogP contribution in [0.15, 0.2) is 89.2 Å². The Bertz CT molecular complexity index is 943. The fourth-order valence-electron chi connectivity index (χ4n) is 2.75. The Balaban J connectivity index is 1.74. The monoisotopic (exact) mass is 374 g/mol. The molecule has 0 spiro atoms. The highest BCUT2D eigenvalue weighted by Crippen LogP contribution is 2.29. The molecule has 0 radical (unpaired) electrons. The molecule has 0 aliphatic heterocycles. The number of aromatic nitrogens is 4. The summed E-state index contributed by atoms with van der Waals surface area (Å²) < 4.78 is 7.36. The smallest absolute Gasteiger partial charge is 0.202 e. The second kappa shape index (κ2) is 8.05. The summed E-state index contributed by atoms with van der Waals surface area (Å²) in [6, 6.07) is 24.0. The Morgan fingerprint density at radius 3 is 2.37 bits per heavy atom. The molecule has 134 valence electrons. The minimum atomic E-state index is 0.697. The molecule has 2 aromatic heterocycles. The summed E-state index contributed by atoms with van der Waals surface area (Å²) in [5.41, 5.74) is 2.18. The van der Waals surface area contributed by atoms with Crippen LogP contribution >= 0.6 is 11.8 Å². The lowest BCUT2D eigenvalue weighted by molar-refractivity contribution is 0.414. The molecule has 2 aromatic carbocycles. The number of pyridine rings is 1. The summed E-state index contributed by atoms with van der Waals surface area (Å²) in [4.78, 5) is 4.39. The molecule has 0 amide bonds. The fourth-order valence-corrected chi connectivity index (χ4v) is 3.58. The van der Waals surface area contributed by atoms with E-state index in [0.717, 1.165) is 27.4 Å². The standard InChI is InChI=1S/C21H18N4OS/c1-26-18-12-10-17(11-13-18)25-19(15-16-7-3-2-4-8-16)23-24-21(25)27-20-9-5-6-14-22-20/h2-14H,15H2,1H3. The number of methoxy groups -OCH3 is 1. The molecule has 0 atom stereocenters. The summed E-state index contributed by atoms with van der Waals surface area (Å²) in [6.45, 7) is 0. The lowest BCUT2D eigenvalue weighted by Gasteiger charge is -2.11. The third-order valence-electron chi connectivity index (χ3n) is 4.07. The van der Waals surface area contributed by atoms with Gasteiger partial charge in [0.05, 0.1) is 7.11 Å². The lowest BCUT2D eigenvalue weighted by Crippen LogP contribution is -2.04. The van der Waals surface area contributed by atoms with Crippen LogP contribution in [0.2, 0.25) is 0 Å². The predicted octanol–water partition coefficient (Wildman–Crippen LogP) is 4.41. The molecule has 27 heavy (non-hydrogen) atoms. The minimum Gasteiger partial charge on any atom is -0.497 e. The van der Waals surface area contributed by atoms with Crippen LogP contribution < -0.4 is 4.74 Å². The first-order chi connectivity index (χ1) is 13.3. The van der Waals surface area contributed by atoms with Crippen molar-refractivity contribution in [3.63, 3.8) is 0 Å². The van der Waals surface area contributed by atoms with Crippen molar-refractivity contribution >= 4 is 11.8 Å². The highest BCUT2D eigenvalue weighted by atomic mass is 32.2. The van der Waals surface area contributed by atoms with Crippen LogP contribution in [0.1, 0.15) is 11.4 Å². The van der Waals surface area contributed by atoms with Gasteiger partial charge in [0.25, 0.3) is 0 Å². The second-order valence-corrected chi connectivity index (χ2v) is 6.85. The molecule has 0 unspecified atom stereocenters. The summed E-state index contributed by atoms with van der Waals surface area (Å²) in [5.74, 6) is 1.69. The summed E-state index contributed by atoms with van der Waals surface area (Å²) in [5, 5.41) is 10.6. The van der Waals surface area contributed by atoms with Gasteiger partial charge in [-0.3, -0.25) is 4.57 Å². The Hall–Kier alpha value is -3.12. The van der Waals surface area contributed by atoms with Crippen molar-refractivity contribution in [2.45, 2.75) is 16.6 Å². The maximum atomic E-state index is 5.28. The van der Waals surface area contributed by atoms with E-state index in [0.29, 0.717) is 6.42 Å². The highest BCUT2D eigenvalue weighted by molar-refractivity contribution is 7.99. The summed E-state index contributed by atoms with van der Waals surface area (Å²) >= 11 is 1.50. The van der Waals surface area contributed by atoms with Gasteiger partial charge in [0.1, 0.15) is 16.6 Å². The maximum absolute atomic E-state index is 5.28. The van der Waals surface area contributed by atoms with Gasteiger partial charge in [-0.05, 0) is 53.7 Å². The number of nitrogens with zero attached hydrogens (tertiary/aromatic N) is 4. The minimum absolute atomic E-state index is 0.697. The van der Waals surface area contributed by atoms with Crippen molar-refractivity contribution in [1.29, 1.82) is 0 Å². The molecule has 0 fully saturated rings. The lowest BCUT2D eigenvalue weighted by atomic mass is 10.1. The first-order valence-corrected chi connectivity index (χ1v) is 9.36. The van der Waals surface area contributed by atoms with Crippen molar-refractivity contribution in [3.05, 3.63) is 90.4 Å². The topological polar surface area (TPSA) is 52.8 Å². The third kappa shape index (κ3) is 4.01. The molecular formula is C21H18N4OS. The van der Waals surface area contributed by atoms with Gasteiger partial charge < -0.3 is 4.74 Å². The first-order valence-electron chi connectivity index (χ1n) is 8.55. The number of hydrogen-bond acceptors (Lipinski definition) is 5. The van der Waals surface area contributed by atoms with E-state index in [1.54, 1.807) is 13.3 Å². The van der Waals surface area contributed by atoms with E-state index in [1.165, 1.54) is 17.3 Å². The van der Waals surface area contributed by atoms with Crippen LogP contribution in [-0.4, -0.2) is 26.9 Å². The summed E-state index contributed by atoms with van der Waals surface area (Å²) in [6.07, 6.45) is 2.48. The van der Waals surface area contributed by atoms with E-state index in [4.69, 9.17) is 4.74 Å². The average molecular weight is 374 g/mol. The van der Waals surface area contributed by atoms with Gasteiger partial charge in [0.15, 0.2) is 0 Å². The van der Waals surface area contributed by atoms with Crippen molar-refractivity contribution in [3.8, 4) is 11.4 Å². The van der Waals surface area contributed by atoms with Gasteiger partial charge in [-0.2, -0.15) is 0 Å². The molecule has 2 heterocycles. The van der Waals surface area contributed by atoms with Gasteiger partial charge in [-0.25, -0.2) is 4.98 Å². The van der Waals surface area contributed by atoms with E-state index in [9.17, 15) is 0 Å². The number of benzene rings is 2. The van der Waals surface area contributed by atoms with E-state index >= 15 is 0 Å². The Morgan fingerprint density at radius 2 is 1.67 bits per heavy atom. The molecule has 4 aromatic rings. The third-order valence-corrected chi connectivity index (χ3v) is 4.97. The van der Waals surface area contributed by atoms with Gasteiger partial charge in [0.2, 0.25) is 5.16 Å². The first kappa shape index (κ1) is 17.3. The molecule has 0 aliphatic carbocycles. The van der Waals surface area contributed by atoms with Crippen LogP contribution in [0.3, 0.4) is 0 Å². The van der Waals surface area contributed by atoms with Crippen molar-refractivity contribution in [2.75, 3.05) is 7.11 Å². The number of hydrogen-bond donors (Lipinski definition) is 0. The van der Waals surface area contributed by atoms with Crippen molar-refractivity contribution in [1.82, 2.24) is 19.7 Å². The molecule has 0 saturated carbocycles. The molecule has 0 N–H and O–H groups in total. The zero-order chi connectivity index (χ0) is 18.5. The molecular weight excluding hydrogens is 356 g/mol. The molecule has 6 heteroatoms. The Kier molecular flexibility index (Phi) is 5.16. The predicted molar refractivity (Wildman–Crippen MR) is 106 cm³/mol. The van der Waals surface area contributed by atoms with Crippen molar-refractivity contribution in [2.24, 2.45) is 0 Å². The quantitative estimate of drug-likeness (QED) is 0.500. The summed E-state index contributed by atoms with van der Waals surface area (Å²) in [7, 11) is 1.66. The van der Waals surface area contributed by atoms with E-state index in [-0.39, 0.29) is 0 Å². The highest BCUT2D eigenvalue weighted by Gasteiger charge is 2.16. The van der Waals surface area contributed by atoms with Crippen molar-refractivity contribution < 1.29 is 4.74 Å². The van der Waals surface area contributed by atoms with E-state index in [2.05, 4.69) is 31.9 Å². The van der Waals surface area contributed by atoms with E-state index in [1.807, 2.05) is 60.7 Å². The molecule has 5 nitrogen and oxygen atoms in total. The van der Waals surface area contributed by atoms with Crippen LogP contribution in [0, 0.1) is 0 Å². The molecule has 0 saturated heterocycles. The van der Waals surface area contributed by atoms with Gasteiger partial charge >= 0.3 is 0 Å². The largest absolute Gasteiger partial charge is 0.497 e. The zero-order valence-corrected chi connectivity index (χ0v) is 15.6. The van der Waals surface area contributed by atoms with Gasteiger partial charge in [0, 0.05) is 18.3 Å². The average Bonchev–Trinajstić information content (AvgIpc) is 3.11. The van der Waals surface area contributed by atoms with Gasteiger partial charge in [-0.1, -0.05) is 36.4 Å². The number of rotatable bonds is 6. The van der Waals surface area contributed by atoms with E-state index < -0.39 is 0 Å². The SMILES string of the molecule is COc1ccc(-n2c(Cc3ccccc3)nnc2Sc2ccccn2)cc1. The normalized spacial score (nSPS) is 10.7. The van der Waals surface area contributed by atoms with Crippen LogP contribution in [0.25, 0.3) is 5.69 Å². The maximum Gasteiger partial charge on any atom is 0.202 e. The zero-order valence-electron chi connectivity index (χ0n) is 14.8. The second-order valence-electron chi connectivity index (χ2n) is 5.86. The van der Waals surface area contributed by atoms with Crippen LogP contribution in [0.5, 0.6) is 5.75 Å². The molecule has 0 bridgehead atoms.